The number of nitrogens with zero attached hydrogens (tertiary/aromatic N) is 2. The minimum atomic E-state index is -3.49. The van der Waals surface area contributed by atoms with Gasteiger partial charge in [-0.1, -0.05) is 0 Å². The summed E-state index contributed by atoms with van der Waals surface area (Å²) in [4.78, 5) is 3.90. The van der Waals surface area contributed by atoms with Crippen molar-refractivity contribution in [3.8, 4) is 0 Å². The lowest BCUT2D eigenvalue weighted by Gasteiger charge is -1.99. The van der Waals surface area contributed by atoms with Crippen molar-refractivity contribution in [2.75, 3.05) is 12.4 Å². The van der Waals surface area contributed by atoms with E-state index in [1.165, 1.54) is 6.20 Å². The number of nitrogens with one attached hydrogen (secondary N) is 1. The van der Waals surface area contributed by atoms with Crippen LogP contribution in [0.1, 0.15) is 5.82 Å². The number of hydrogen-bond acceptors (Lipinski definition) is 3. The topological polar surface area (TPSA) is 64.0 Å². The first kappa shape index (κ1) is 11.5. The molecule has 80 valence electrons. The number of sulfonamides is 1. The Morgan fingerprint density at radius 1 is 1.64 bits per heavy atom. The van der Waals surface area contributed by atoms with Crippen LogP contribution in [0, 0.1) is 6.92 Å². The number of hydrogen-bond donors (Lipinski definition) is 1. The van der Waals surface area contributed by atoms with E-state index < -0.39 is 10.0 Å². The van der Waals surface area contributed by atoms with Crippen LogP contribution in [-0.2, 0) is 17.1 Å². The standard InChI is InChI=1S/C7H12ClN3O2S/c1-6-10-7(5-11(6)2)14(12,13)9-4-3-8/h5,9H,3-4H2,1-2H3. The van der Waals surface area contributed by atoms with Crippen LogP contribution < -0.4 is 4.72 Å². The van der Waals surface area contributed by atoms with Crippen LogP contribution in [0.15, 0.2) is 11.2 Å². The smallest absolute Gasteiger partial charge is 0.259 e. The lowest BCUT2D eigenvalue weighted by molar-refractivity contribution is 0.580. The van der Waals surface area contributed by atoms with Gasteiger partial charge in [0.1, 0.15) is 5.82 Å². The van der Waals surface area contributed by atoms with Gasteiger partial charge in [-0.25, -0.2) is 18.1 Å². The molecule has 1 heterocycles. The molecule has 0 bridgehead atoms. The predicted molar refractivity (Wildman–Crippen MR) is 53.9 cm³/mol. The number of alkyl halides is 1. The summed E-state index contributed by atoms with van der Waals surface area (Å²) < 4.78 is 27.0. The molecule has 5 nitrogen and oxygen atoms in total. The van der Waals surface area contributed by atoms with Gasteiger partial charge < -0.3 is 4.57 Å². The normalized spacial score (nSPS) is 11.9. The van der Waals surface area contributed by atoms with Crippen molar-refractivity contribution in [2.24, 2.45) is 7.05 Å². The number of aromatic nitrogens is 2. The average molecular weight is 238 g/mol. The predicted octanol–water partition coefficient (Wildman–Crippen LogP) is 0.246. The third kappa shape index (κ3) is 2.46. The summed E-state index contributed by atoms with van der Waals surface area (Å²) in [6.45, 7) is 1.94. The molecule has 0 fully saturated rings. The number of imidazole rings is 1. The zero-order chi connectivity index (χ0) is 10.8. The van der Waals surface area contributed by atoms with Gasteiger partial charge in [0.15, 0.2) is 5.03 Å². The summed E-state index contributed by atoms with van der Waals surface area (Å²) in [5, 5.41) is 0.0302. The Morgan fingerprint density at radius 2 is 2.29 bits per heavy atom. The van der Waals surface area contributed by atoms with E-state index in [0.29, 0.717) is 5.82 Å². The molecular weight excluding hydrogens is 226 g/mol. The van der Waals surface area contributed by atoms with Crippen LogP contribution in [0.3, 0.4) is 0 Å². The maximum atomic E-state index is 11.5. The summed E-state index contributed by atoms with van der Waals surface area (Å²) in [7, 11) is -1.75. The first-order valence-electron chi connectivity index (χ1n) is 4.03. The largest absolute Gasteiger partial charge is 0.337 e. The Morgan fingerprint density at radius 3 is 2.71 bits per heavy atom. The fourth-order valence-electron chi connectivity index (χ4n) is 0.903. The van der Waals surface area contributed by atoms with Crippen molar-refractivity contribution in [3.05, 3.63) is 12.0 Å². The molecule has 0 radical (unpaired) electrons. The van der Waals surface area contributed by atoms with Gasteiger partial charge in [0.05, 0.1) is 0 Å². The zero-order valence-electron chi connectivity index (χ0n) is 7.99. The fraction of sp³-hybridized carbons (Fsp3) is 0.571. The van der Waals surface area contributed by atoms with Crippen LogP contribution in [0.4, 0.5) is 0 Å². The molecule has 0 saturated heterocycles. The van der Waals surface area contributed by atoms with E-state index >= 15 is 0 Å². The molecule has 0 aliphatic rings. The van der Waals surface area contributed by atoms with Gasteiger partial charge in [-0.05, 0) is 6.92 Å². The van der Waals surface area contributed by atoms with E-state index in [4.69, 9.17) is 11.6 Å². The van der Waals surface area contributed by atoms with Crippen molar-refractivity contribution in [1.29, 1.82) is 0 Å². The Kier molecular flexibility index (Phi) is 3.52. The van der Waals surface area contributed by atoms with Crippen molar-refractivity contribution >= 4 is 21.6 Å². The lowest BCUT2D eigenvalue weighted by atomic mass is 10.7. The molecule has 0 spiro atoms. The Balaban J connectivity index is 2.93. The van der Waals surface area contributed by atoms with Crippen molar-refractivity contribution in [3.63, 3.8) is 0 Å². The molecule has 0 aliphatic heterocycles. The highest BCUT2D eigenvalue weighted by molar-refractivity contribution is 7.89. The van der Waals surface area contributed by atoms with E-state index in [-0.39, 0.29) is 17.5 Å². The van der Waals surface area contributed by atoms with Crippen LogP contribution in [0.2, 0.25) is 0 Å². The van der Waals surface area contributed by atoms with Crippen molar-refractivity contribution in [1.82, 2.24) is 14.3 Å². The highest BCUT2D eigenvalue weighted by Gasteiger charge is 2.17. The molecule has 0 aliphatic carbocycles. The second-order valence-electron chi connectivity index (χ2n) is 2.82. The molecule has 0 amide bonds. The molecule has 1 rings (SSSR count). The highest BCUT2D eigenvalue weighted by Crippen LogP contribution is 2.06. The lowest BCUT2D eigenvalue weighted by Crippen LogP contribution is -2.25. The Labute approximate surface area is 88.1 Å². The second kappa shape index (κ2) is 4.29. The zero-order valence-corrected chi connectivity index (χ0v) is 9.56. The minimum absolute atomic E-state index is 0.0302. The molecular formula is C7H12ClN3O2S. The van der Waals surface area contributed by atoms with Crippen molar-refractivity contribution in [2.45, 2.75) is 11.9 Å². The van der Waals surface area contributed by atoms with Crippen LogP contribution >= 0.6 is 11.6 Å². The third-order valence-corrected chi connectivity index (χ3v) is 3.27. The van der Waals surface area contributed by atoms with Gasteiger partial charge in [0.25, 0.3) is 10.0 Å². The molecule has 1 aromatic heterocycles. The summed E-state index contributed by atoms with van der Waals surface area (Å²) in [5.41, 5.74) is 0. The number of aryl methyl sites for hydroxylation is 2. The maximum absolute atomic E-state index is 11.5. The van der Waals surface area contributed by atoms with E-state index in [1.807, 2.05) is 0 Å². The van der Waals surface area contributed by atoms with Gasteiger partial charge >= 0.3 is 0 Å². The van der Waals surface area contributed by atoms with Crippen LogP contribution in [0.25, 0.3) is 0 Å². The highest BCUT2D eigenvalue weighted by atomic mass is 35.5. The maximum Gasteiger partial charge on any atom is 0.259 e. The molecule has 0 atom stereocenters. The summed E-state index contributed by atoms with van der Waals surface area (Å²) in [6, 6.07) is 0. The third-order valence-electron chi connectivity index (χ3n) is 1.75. The first-order chi connectivity index (χ1) is 6.47. The molecule has 0 aromatic carbocycles. The van der Waals surface area contributed by atoms with Crippen molar-refractivity contribution < 1.29 is 8.42 Å². The second-order valence-corrected chi connectivity index (χ2v) is 4.92. The Bertz CT molecular complexity index is 393. The van der Waals surface area contributed by atoms with E-state index in [9.17, 15) is 8.42 Å². The van der Waals surface area contributed by atoms with Gasteiger partial charge in [0, 0.05) is 25.7 Å². The monoisotopic (exact) mass is 237 g/mol. The van der Waals surface area contributed by atoms with E-state index in [1.54, 1.807) is 18.5 Å². The number of halogens is 1. The molecule has 14 heavy (non-hydrogen) atoms. The van der Waals surface area contributed by atoms with Gasteiger partial charge in [-0.15, -0.1) is 11.6 Å². The summed E-state index contributed by atoms with van der Waals surface area (Å²) in [6.07, 6.45) is 1.46. The van der Waals surface area contributed by atoms with Gasteiger partial charge in [-0.2, -0.15) is 0 Å². The average Bonchev–Trinajstić information content (AvgIpc) is 2.45. The van der Waals surface area contributed by atoms with Gasteiger partial charge in [0.2, 0.25) is 0 Å². The molecule has 1 N–H and O–H groups in total. The van der Waals surface area contributed by atoms with E-state index in [0.717, 1.165) is 0 Å². The SMILES string of the molecule is Cc1nc(S(=O)(=O)NCCCl)cn1C. The van der Waals surface area contributed by atoms with Crippen LogP contribution in [0.5, 0.6) is 0 Å². The fourth-order valence-corrected chi connectivity index (χ4v) is 2.18. The minimum Gasteiger partial charge on any atom is -0.337 e. The van der Waals surface area contributed by atoms with E-state index in [2.05, 4.69) is 9.71 Å². The quantitative estimate of drug-likeness (QED) is 0.764. The summed E-state index contributed by atoms with van der Waals surface area (Å²) >= 11 is 5.38. The molecule has 0 unspecified atom stereocenters. The number of rotatable bonds is 4. The molecule has 7 heteroatoms. The van der Waals surface area contributed by atoms with Gasteiger partial charge in [-0.3, -0.25) is 0 Å². The Hall–Kier alpha value is -0.590. The molecule has 0 saturated carbocycles. The summed E-state index contributed by atoms with van der Waals surface area (Å²) in [5.74, 6) is 0.890. The first-order valence-corrected chi connectivity index (χ1v) is 6.04. The molecule has 1 aromatic rings. The van der Waals surface area contributed by atoms with Crippen LogP contribution in [-0.4, -0.2) is 30.4 Å².